The maximum absolute atomic E-state index is 5.38. The lowest BCUT2D eigenvalue weighted by atomic mass is 10.1. The summed E-state index contributed by atoms with van der Waals surface area (Å²) in [5.41, 5.74) is 3.36. The average molecular weight is 446 g/mol. The van der Waals surface area contributed by atoms with Gasteiger partial charge in [-0.15, -0.1) is 24.0 Å². The minimum absolute atomic E-state index is 0. The molecule has 24 heavy (non-hydrogen) atoms. The van der Waals surface area contributed by atoms with Crippen LogP contribution in [0.4, 0.5) is 0 Å². The molecule has 0 unspecified atom stereocenters. The molecule has 2 N–H and O–H groups in total. The van der Waals surface area contributed by atoms with Gasteiger partial charge in [0.15, 0.2) is 5.96 Å². The van der Waals surface area contributed by atoms with Crippen molar-refractivity contribution in [3.63, 3.8) is 0 Å². The number of aliphatic imine (C=N–C) groups is 1. The number of nitrogens with zero attached hydrogens (tertiary/aromatic N) is 4. The van der Waals surface area contributed by atoms with E-state index in [2.05, 4.69) is 39.7 Å². The molecule has 2 rings (SSSR count). The summed E-state index contributed by atoms with van der Waals surface area (Å²) in [5.74, 6) is 1.72. The molecule has 0 radical (unpaired) electrons. The Bertz CT molecular complexity index is 627. The van der Waals surface area contributed by atoms with Gasteiger partial charge in [0, 0.05) is 45.4 Å². The van der Waals surface area contributed by atoms with Crippen molar-refractivity contribution >= 4 is 29.9 Å². The van der Waals surface area contributed by atoms with E-state index in [0.717, 1.165) is 48.8 Å². The Morgan fingerprint density at radius 2 is 2.08 bits per heavy atom. The fraction of sp³-hybridized carbons (Fsp3) is 0.562. The molecule has 0 bridgehead atoms. The molecule has 7 nitrogen and oxygen atoms in total. The molecule has 2 aromatic rings. The van der Waals surface area contributed by atoms with Crippen LogP contribution in [0.15, 0.2) is 21.9 Å². The summed E-state index contributed by atoms with van der Waals surface area (Å²) in [5, 5.41) is 14.9. The molecule has 8 heteroatoms. The van der Waals surface area contributed by atoms with Gasteiger partial charge in [0.2, 0.25) is 0 Å². The van der Waals surface area contributed by atoms with Gasteiger partial charge in [-0.3, -0.25) is 9.67 Å². The van der Waals surface area contributed by atoms with Crippen LogP contribution in [-0.2, 0) is 32.9 Å². The maximum Gasteiger partial charge on any atom is 0.191 e. The van der Waals surface area contributed by atoms with Gasteiger partial charge in [-0.2, -0.15) is 5.10 Å². The van der Waals surface area contributed by atoms with Crippen LogP contribution in [0.3, 0.4) is 0 Å². The van der Waals surface area contributed by atoms with Gasteiger partial charge in [0.05, 0.1) is 11.9 Å². The molecule has 0 fully saturated rings. The molecule has 134 valence electrons. The Morgan fingerprint density at radius 3 is 2.67 bits per heavy atom. The zero-order valence-corrected chi connectivity index (χ0v) is 17.1. The van der Waals surface area contributed by atoms with Crippen molar-refractivity contribution in [2.45, 2.75) is 39.7 Å². The maximum atomic E-state index is 5.38. The van der Waals surface area contributed by atoms with Gasteiger partial charge in [-0.1, -0.05) is 19.0 Å². The first-order valence-corrected chi connectivity index (χ1v) is 8.06. The van der Waals surface area contributed by atoms with Crippen molar-refractivity contribution in [1.29, 1.82) is 0 Å². The van der Waals surface area contributed by atoms with Crippen LogP contribution >= 0.6 is 24.0 Å². The van der Waals surface area contributed by atoms with Crippen LogP contribution in [0.25, 0.3) is 0 Å². The van der Waals surface area contributed by atoms with Gasteiger partial charge in [-0.05, 0) is 18.4 Å². The van der Waals surface area contributed by atoms with Crippen molar-refractivity contribution in [2.24, 2.45) is 12.0 Å². The van der Waals surface area contributed by atoms with E-state index in [-0.39, 0.29) is 24.0 Å². The molecule has 0 aliphatic rings. The molecule has 0 amide bonds. The monoisotopic (exact) mass is 446 g/mol. The lowest BCUT2D eigenvalue weighted by Gasteiger charge is -2.11. The molecular formula is C16H27IN6O. The summed E-state index contributed by atoms with van der Waals surface area (Å²) >= 11 is 0. The summed E-state index contributed by atoms with van der Waals surface area (Å²) < 4.78 is 7.20. The largest absolute Gasteiger partial charge is 0.361 e. The minimum atomic E-state index is 0. The normalized spacial score (nSPS) is 11.2. The van der Waals surface area contributed by atoms with Crippen molar-refractivity contribution in [3.05, 3.63) is 35.0 Å². The van der Waals surface area contributed by atoms with E-state index in [0.29, 0.717) is 6.54 Å². The standard InChI is InChI=1S/C16H26N6O.HI/c1-5-14-13(15(6-2)23-21-14)10-19-16(17-3)18-8-7-12-9-20-22(4)11-12;/h9,11H,5-8,10H2,1-4H3,(H2,17,18,19);1H. The quantitative estimate of drug-likeness (QED) is 0.387. The summed E-state index contributed by atoms with van der Waals surface area (Å²) in [6.07, 6.45) is 6.53. The highest BCUT2D eigenvalue weighted by Crippen LogP contribution is 2.15. The molecule has 0 spiro atoms. The van der Waals surface area contributed by atoms with Gasteiger partial charge in [0.1, 0.15) is 5.76 Å². The number of nitrogens with one attached hydrogen (secondary N) is 2. The van der Waals surface area contributed by atoms with Crippen LogP contribution in [0.2, 0.25) is 0 Å². The molecule has 2 aromatic heterocycles. The van der Waals surface area contributed by atoms with Crippen LogP contribution in [0, 0.1) is 0 Å². The Kier molecular flexibility index (Phi) is 8.80. The third-order valence-electron chi connectivity index (χ3n) is 3.73. The fourth-order valence-corrected chi connectivity index (χ4v) is 2.46. The fourth-order valence-electron chi connectivity index (χ4n) is 2.46. The molecule has 2 heterocycles. The van der Waals surface area contributed by atoms with Crippen LogP contribution in [0.5, 0.6) is 0 Å². The zero-order valence-electron chi connectivity index (χ0n) is 14.8. The number of halogens is 1. The number of guanidine groups is 1. The molecule has 0 aliphatic carbocycles. The first-order valence-electron chi connectivity index (χ1n) is 8.06. The first-order chi connectivity index (χ1) is 11.2. The third-order valence-corrected chi connectivity index (χ3v) is 3.73. The second-order valence-corrected chi connectivity index (χ2v) is 5.36. The SMILES string of the molecule is CCc1noc(CC)c1CNC(=NC)NCCc1cnn(C)c1.I. The van der Waals surface area contributed by atoms with Crippen LogP contribution in [-0.4, -0.2) is 34.5 Å². The van der Waals surface area contributed by atoms with Crippen LogP contribution in [0.1, 0.15) is 36.4 Å². The smallest absolute Gasteiger partial charge is 0.191 e. The van der Waals surface area contributed by atoms with Crippen molar-refractivity contribution in [1.82, 2.24) is 25.6 Å². The highest BCUT2D eigenvalue weighted by Gasteiger charge is 2.13. The average Bonchev–Trinajstić information content (AvgIpc) is 3.16. The van der Waals surface area contributed by atoms with E-state index in [1.165, 1.54) is 5.56 Å². The Hall–Kier alpha value is -1.58. The third kappa shape index (κ3) is 5.50. The number of hydrogen-bond donors (Lipinski definition) is 2. The Labute approximate surface area is 160 Å². The lowest BCUT2D eigenvalue weighted by molar-refractivity contribution is 0.380. The molecule has 0 aromatic carbocycles. The Morgan fingerprint density at radius 1 is 1.29 bits per heavy atom. The second kappa shape index (κ2) is 10.3. The lowest BCUT2D eigenvalue weighted by Crippen LogP contribution is -2.38. The van der Waals surface area contributed by atoms with Crippen molar-refractivity contribution < 1.29 is 4.52 Å². The van der Waals surface area contributed by atoms with E-state index in [1.54, 1.807) is 7.05 Å². The number of rotatable bonds is 7. The highest BCUT2D eigenvalue weighted by atomic mass is 127. The summed E-state index contributed by atoms with van der Waals surface area (Å²) in [7, 11) is 3.70. The predicted octanol–water partition coefficient (Wildman–Crippen LogP) is 2.06. The molecule has 0 aliphatic heterocycles. The van der Waals surface area contributed by atoms with Crippen molar-refractivity contribution in [2.75, 3.05) is 13.6 Å². The predicted molar refractivity (Wildman–Crippen MR) is 106 cm³/mol. The molecule has 0 saturated heterocycles. The van der Waals surface area contributed by atoms with Crippen LogP contribution < -0.4 is 10.6 Å². The molecule has 0 saturated carbocycles. The van der Waals surface area contributed by atoms with Gasteiger partial charge >= 0.3 is 0 Å². The topological polar surface area (TPSA) is 80.3 Å². The Balaban J connectivity index is 0.00000288. The van der Waals surface area contributed by atoms with E-state index >= 15 is 0 Å². The number of hydrogen-bond acceptors (Lipinski definition) is 4. The second-order valence-electron chi connectivity index (χ2n) is 5.36. The summed E-state index contributed by atoms with van der Waals surface area (Å²) in [6, 6.07) is 0. The number of aromatic nitrogens is 3. The van der Waals surface area contributed by atoms with Gasteiger partial charge < -0.3 is 15.2 Å². The van der Waals surface area contributed by atoms with Gasteiger partial charge in [0.25, 0.3) is 0 Å². The summed E-state index contributed by atoms with van der Waals surface area (Å²) in [6.45, 7) is 5.63. The minimum Gasteiger partial charge on any atom is -0.361 e. The van der Waals surface area contributed by atoms with E-state index in [4.69, 9.17) is 4.52 Å². The highest BCUT2D eigenvalue weighted by molar-refractivity contribution is 14.0. The zero-order chi connectivity index (χ0) is 16.7. The van der Waals surface area contributed by atoms with Crippen molar-refractivity contribution in [3.8, 4) is 0 Å². The number of aryl methyl sites for hydroxylation is 3. The van der Waals surface area contributed by atoms with Gasteiger partial charge in [-0.25, -0.2) is 0 Å². The van der Waals surface area contributed by atoms with E-state index in [1.807, 2.05) is 24.1 Å². The molecule has 0 atom stereocenters. The first kappa shape index (κ1) is 20.5. The summed E-state index contributed by atoms with van der Waals surface area (Å²) in [4.78, 5) is 4.26. The van der Waals surface area contributed by atoms with E-state index < -0.39 is 0 Å². The van der Waals surface area contributed by atoms with E-state index in [9.17, 15) is 0 Å². The molecular weight excluding hydrogens is 419 g/mol.